The summed E-state index contributed by atoms with van der Waals surface area (Å²) in [4.78, 5) is 30.7. The van der Waals surface area contributed by atoms with E-state index in [0.717, 1.165) is 33.2 Å². The molecule has 1 aliphatic rings. The lowest BCUT2D eigenvalue weighted by molar-refractivity contribution is -0.0206. The first kappa shape index (κ1) is 29.4. The van der Waals surface area contributed by atoms with Crippen molar-refractivity contribution in [2.75, 3.05) is 26.7 Å². The molecule has 2 heterocycles. The monoisotopic (exact) mass is 569 g/mol. The molecule has 5 rings (SSSR count). The molecule has 3 aromatic carbocycles. The maximum absolute atomic E-state index is 14.4. The standard InChI is InChI=1S/C34H39N3O5/c1-22-14-16-26(17-15-22)42-34(40)35(4)19-30-23(2)18-37(24(3)20-38)33(39)32-31(27-11-7-6-10-25(27)21-41-30)28-12-8-9-13-29(28)36(32)5/h6-17,23-24,30,38H,18-21H2,1-5H3/t23-,24-,30-/m1/s1. The van der Waals surface area contributed by atoms with Gasteiger partial charge >= 0.3 is 6.09 Å². The lowest BCUT2D eigenvalue weighted by Gasteiger charge is -2.34. The molecule has 1 aliphatic heterocycles. The van der Waals surface area contributed by atoms with Crippen LogP contribution in [0.25, 0.3) is 22.0 Å². The van der Waals surface area contributed by atoms with Gasteiger partial charge in [0.15, 0.2) is 0 Å². The van der Waals surface area contributed by atoms with E-state index in [1.165, 1.54) is 4.90 Å². The van der Waals surface area contributed by atoms with E-state index in [0.29, 0.717) is 24.6 Å². The molecule has 2 amide bonds. The minimum absolute atomic E-state index is 0.153. The number of para-hydroxylation sites is 1. The Morgan fingerprint density at radius 1 is 1.10 bits per heavy atom. The van der Waals surface area contributed by atoms with E-state index in [-0.39, 0.29) is 25.0 Å². The lowest BCUT2D eigenvalue weighted by Crippen LogP contribution is -2.48. The van der Waals surface area contributed by atoms with Gasteiger partial charge in [0.05, 0.1) is 31.9 Å². The van der Waals surface area contributed by atoms with Crippen molar-refractivity contribution in [2.45, 2.75) is 39.5 Å². The van der Waals surface area contributed by atoms with Crippen LogP contribution < -0.4 is 4.74 Å². The van der Waals surface area contributed by atoms with Gasteiger partial charge in [-0.05, 0) is 43.2 Å². The summed E-state index contributed by atoms with van der Waals surface area (Å²) in [6, 6.07) is 22.9. The van der Waals surface area contributed by atoms with Crippen LogP contribution in [0.15, 0.2) is 72.8 Å². The third kappa shape index (κ3) is 5.78. The number of hydrogen-bond acceptors (Lipinski definition) is 5. The van der Waals surface area contributed by atoms with Crippen LogP contribution in [-0.2, 0) is 18.4 Å². The molecule has 0 bridgehead atoms. The number of carbonyl (C=O) groups is 2. The number of carbonyl (C=O) groups excluding carboxylic acids is 2. The van der Waals surface area contributed by atoms with E-state index in [1.54, 1.807) is 24.1 Å². The molecule has 4 aromatic rings. The minimum atomic E-state index is -0.486. The van der Waals surface area contributed by atoms with Gasteiger partial charge in [0, 0.05) is 43.0 Å². The second kappa shape index (κ2) is 12.4. The molecule has 8 heteroatoms. The van der Waals surface area contributed by atoms with Crippen molar-refractivity contribution in [3.63, 3.8) is 0 Å². The van der Waals surface area contributed by atoms with Gasteiger partial charge in [-0.25, -0.2) is 4.79 Å². The molecular weight excluding hydrogens is 530 g/mol. The third-order valence-corrected chi connectivity index (χ3v) is 8.22. The molecule has 8 nitrogen and oxygen atoms in total. The molecule has 0 spiro atoms. The summed E-state index contributed by atoms with van der Waals surface area (Å²) in [5.74, 6) is 0.155. The number of aromatic nitrogens is 1. The zero-order valence-electron chi connectivity index (χ0n) is 24.9. The second-order valence-electron chi connectivity index (χ2n) is 11.3. The Morgan fingerprint density at radius 3 is 2.52 bits per heavy atom. The number of aliphatic hydroxyl groups is 1. The van der Waals surface area contributed by atoms with Crippen LogP contribution in [0, 0.1) is 12.8 Å². The molecule has 220 valence electrons. The first-order valence-electron chi connectivity index (χ1n) is 14.4. The average molecular weight is 570 g/mol. The maximum atomic E-state index is 14.4. The van der Waals surface area contributed by atoms with E-state index in [9.17, 15) is 14.7 Å². The molecule has 42 heavy (non-hydrogen) atoms. The van der Waals surface area contributed by atoms with Crippen LogP contribution in [0.1, 0.15) is 35.5 Å². The highest BCUT2D eigenvalue weighted by atomic mass is 16.6. The van der Waals surface area contributed by atoms with Gasteiger partial charge in [-0.2, -0.15) is 0 Å². The van der Waals surface area contributed by atoms with Gasteiger partial charge in [0.1, 0.15) is 11.4 Å². The Bertz CT molecular complexity index is 1580. The predicted octanol–water partition coefficient (Wildman–Crippen LogP) is 5.64. The van der Waals surface area contributed by atoms with Crippen molar-refractivity contribution < 1.29 is 24.2 Å². The largest absolute Gasteiger partial charge is 0.415 e. The van der Waals surface area contributed by atoms with Crippen LogP contribution in [-0.4, -0.2) is 70.4 Å². The highest BCUT2D eigenvalue weighted by Crippen LogP contribution is 2.38. The molecule has 0 radical (unpaired) electrons. The van der Waals surface area contributed by atoms with E-state index in [1.807, 2.05) is 93.0 Å². The maximum Gasteiger partial charge on any atom is 0.415 e. The van der Waals surface area contributed by atoms with Gasteiger partial charge in [0.2, 0.25) is 0 Å². The molecule has 0 aliphatic carbocycles. The molecule has 0 unspecified atom stereocenters. The third-order valence-electron chi connectivity index (χ3n) is 8.22. The Kier molecular flexibility index (Phi) is 8.66. The zero-order chi connectivity index (χ0) is 30.0. The number of amides is 2. The number of fused-ring (bicyclic) bond motifs is 5. The van der Waals surface area contributed by atoms with Gasteiger partial charge in [-0.15, -0.1) is 0 Å². The van der Waals surface area contributed by atoms with E-state index in [2.05, 4.69) is 0 Å². The fourth-order valence-electron chi connectivity index (χ4n) is 5.66. The van der Waals surface area contributed by atoms with Gasteiger partial charge in [0.25, 0.3) is 5.91 Å². The zero-order valence-corrected chi connectivity index (χ0v) is 24.9. The van der Waals surface area contributed by atoms with Crippen LogP contribution in [0.4, 0.5) is 4.79 Å². The summed E-state index contributed by atoms with van der Waals surface area (Å²) in [7, 11) is 3.60. The summed E-state index contributed by atoms with van der Waals surface area (Å²) in [6.45, 7) is 6.56. The fourth-order valence-corrected chi connectivity index (χ4v) is 5.66. The highest BCUT2D eigenvalue weighted by Gasteiger charge is 2.34. The number of ether oxygens (including phenoxy) is 2. The average Bonchev–Trinajstić information content (AvgIpc) is 3.29. The molecule has 1 aromatic heterocycles. The first-order chi connectivity index (χ1) is 20.2. The number of rotatable bonds is 5. The summed E-state index contributed by atoms with van der Waals surface area (Å²) in [5, 5.41) is 11.2. The number of aliphatic hydroxyl groups excluding tert-OH is 1. The number of benzene rings is 3. The van der Waals surface area contributed by atoms with Gasteiger partial charge < -0.3 is 28.9 Å². The topological polar surface area (TPSA) is 84.2 Å². The van der Waals surface area contributed by atoms with Crippen molar-refractivity contribution in [1.82, 2.24) is 14.4 Å². The Balaban J connectivity index is 1.53. The summed E-state index contributed by atoms with van der Waals surface area (Å²) in [5.41, 5.74) is 5.35. The predicted molar refractivity (Wildman–Crippen MR) is 164 cm³/mol. The quantitative estimate of drug-likeness (QED) is 0.336. The Labute approximate surface area is 247 Å². The Morgan fingerprint density at radius 2 is 1.79 bits per heavy atom. The van der Waals surface area contributed by atoms with E-state index in [4.69, 9.17) is 9.47 Å². The molecule has 0 saturated carbocycles. The highest BCUT2D eigenvalue weighted by molar-refractivity contribution is 6.10. The Hall–Kier alpha value is -4.14. The smallest absolute Gasteiger partial charge is 0.410 e. The van der Waals surface area contributed by atoms with Crippen molar-refractivity contribution in [3.8, 4) is 16.9 Å². The molecule has 0 fully saturated rings. The second-order valence-corrected chi connectivity index (χ2v) is 11.3. The van der Waals surface area contributed by atoms with Crippen LogP contribution in [0.3, 0.4) is 0 Å². The lowest BCUT2D eigenvalue weighted by atomic mass is 9.96. The molecule has 1 N–H and O–H groups in total. The summed E-state index contributed by atoms with van der Waals surface area (Å²) in [6.07, 6.45) is -0.896. The molecule has 3 atom stereocenters. The van der Waals surface area contributed by atoms with Crippen molar-refractivity contribution in [2.24, 2.45) is 13.0 Å². The first-order valence-corrected chi connectivity index (χ1v) is 14.4. The normalized spacial score (nSPS) is 18.1. The number of hydrogen-bond donors (Lipinski definition) is 1. The SMILES string of the molecule is Cc1ccc(OC(=O)N(C)C[C@H]2OCc3ccccc3-c3c(n(C)c4ccccc34)C(=O)N([C@H](C)CO)C[C@H]2C)cc1. The molecular formula is C34H39N3O5. The fraction of sp³-hybridized carbons (Fsp3) is 0.353. The van der Waals surface area contributed by atoms with Gasteiger partial charge in [-0.3, -0.25) is 4.79 Å². The van der Waals surface area contributed by atoms with Crippen LogP contribution in [0.5, 0.6) is 5.75 Å². The van der Waals surface area contributed by atoms with Crippen molar-refractivity contribution in [3.05, 3.63) is 89.6 Å². The van der Waals surface area contributed by atoms with Crippen molar-refractivity contribution in [1.29, 1.82) is 0 Å². The molecule has 0 saturated heterocycles. The van der Waals surface area contributed by atoms with Gasteiger partial charge in [-0.1, -0.05) is 67.1 Å². The van der Waals surface area contributed by atoms with Crippen molar-refractivity contribution >= 4 is 22.9 Å². The van der Waals surface area contributed by atoms with E-state index >= 15 is 0 Å². The van der Waals surface area contributed by atoms with Crippen LogP contribution in [0.2, 0.25) is 0 Å². The van der Waals surface area contributed by atoms with E-state index < -0.39 is 18.2 Å². The summed E-state index contributed by atoms with van der Waals surface area (Å²) >= 11 is 0. The number of likely N-dealkylation sites (N-methyl/N-ethyl adjacent to an activating group) is 1. The number of aryl methyl sites for hydroxylation is 2. The summed E-state index contributed by atoms with van der Waals surface area (Å²) < 4.78 is 14.1. The number of nitrogens with zero attached hydrogens (tertiary/aromatic N) is 3. The van der Waals surface area contributed by atoms with Crippen LogP contribution >= 0.6 is 0 Å². The minimum Gasteiger partial charge on any atom is -0.410 e.